The summed E-state index contributed by atoms with van der Waals surface area (Å²) < 4.78 is 10.6. The Morgan fingerprint density at radius 1 is 0.971 bits per heavy atom. The van der Waals surface area contributed by atoms with Gasteiger partial charge in [0.1, 0.15) is 11.5 Å². The smallest absolute Gasteiger partial charge is 0.326 e. The zero-order valence-corrected chi connectivity index (χ0v) is 20.0. The molecule has 0 saturated carbocycles. The van der Waals surface area contributed by atoms with Gasteiger partial charge in [-0.3, -0.25) is 9.69 Å². The van der Waals surface area contributed by atoms with E-state index in [1.54, 1.807) is 49.8 Å². The molecular weight excluding hydrogens is 450 g/mol. The summed E-state index contributed by atoms with van der Waals surface area (Å²) in [6.07, 6.45) is 2.06. The highest BCUT2D eigenvalue weighted by molar-refractivity contribution is 7.10. The molecule has 2 aliphatic rings. The number of urea groups is 1. The highest BCUT2D eigenvalue weighted by Crippen LogP contribution is 2.39. The zero-order chi connectivity index (χ0) is 23.7. The van der Waals surface area contributed by atoms with Gasteiger partial charge in [-0.1, -0.05) is 30.3 Å². The fourth-order valence-corrected chi connectivity index (χ4v) is 5.82. The number of thiophene rings is 1. The van der Waals surface area contributed by atoms with Crippen LogP contribution in [0, 0.1) is 0 Å². The molecular formula is C26H27N3O4S. The molecule has 1 aromatic heterocycles. The normalized spacial score (nSPS) is 19.9. The predicted octanol–water partition coefficient (Wildman–Crippen LogP) is 4.36. The van der Waals surface area contributed by atoms with Crippen molar-refractivity contribution in [2.24, 2.45) is 0 Å². The van der Waals surface area contributed by atoms with E-state index < -0.39 is 11.6 Å². The van der Waals surface area contributed by atoms with Crippen LogP contribution < -0.4 is 14.8 Å². The van der Waals surface area contributed by atoms with Gasteiger partial charge in [0.05, 0.1) is 20.9 Å². The first kappa shape index (κ1) is 22.4. The summed E-state index contributed by atoms with van der Waals surface area (Å²) in [6.45, 7) is 1.10. The number of carbonyl (C=O) groups excluding carboxylic acids is 2. The van der Waals surface area contributed by atoms with Gasteiger partial charge in [0.2, 0.25) is 0 Å². The van der Waals surface area contributed by atoms with Gasteiger partial charge in [-0.2, -0.15) is 0 Å². The quantitative estimate of drug-likeness (QED) is 0.512. The first-order valence-electron chi connectivity index (χ1n) is 11.3. The van der Waals surface area contributed by atoms with Crippen LogP contribution in [0.15, 0.2) is 66.0 Å². The Morgan fingerprint density at radius 3 is 2.12 bits per heavy atom. The molecule has 7 nitrogen and oxygen atoms in total. The molecule has 3 amide bonds. The van der Waals surface area contributed by atoms with Crippen molar-refractivity contribution in [1.29, 1.82) is 0 Å². The minimum Gasteiger partial charge on any atom is -0.497 e. The van der Waals surface area contributed by atoms with Crippen LogP contribution in [0.2, 0.25) is 0 Å². The Hall–Kier alpha value is -3.36. The molecule has 1 atom stereocenters. The van der Waals surface area contributed by atoms with Crippen LogP contribution in [-0.4, -0.2) is 49.2 Å². The number of hydrogen-bond acceptors (Lipinski definition) is 6. The molecule has 2 aliphatic heterocycles. The van der Waals surface area contributed by atoms with Crippen molar-refractivity contribution in [3.8, 4) is 11.5 Å². The van der Waals surface area contributed by atoms with Crippen LogP contribution in [-0.2, 0) is 10.3 Å². The first-order valence-corrected chi connectivity index (χ1v) is 12.2. The average molecular weight is 478 g/mol. The van der Waals surface area contributed by atoms with Gasteiger partial charge in [0.25, 0.3) is 5.91 Å². The molecule has 34 heavy (non-hydrogen) atoms. The van der Waals surface area contributed by atoms with Gasteiger partial charge in [-0.15, -0.1) is 11.3 Å². The highest BCUT2D eigenvalue weighted by Gasteiger charge is 2.54. The summed E-state index contributed by atoms with van der Waals surface area (Å²) in [5, 5.41) is 5.10. The van der Waals surface area contributed by atoms with E-state index in [9.17, 15) is 9.59 Å². The van der Waals surface area contributed by atoms with Gasteiger partial charge in [-0.25, -0.2) is 9.69 Å². The second-order valence-electron chi connectivity index (χ2n) is 8.50. The molecule has 0 bridgehead atoms. The molecule has 0 aliphatic carbocycles. The van der Waals surface area contributed by atoms with E-state index in [4.69, 9.17) is 9.47 Å². The minimum absolute atomic E-state index is 0.220. The molecule has 0 radical (unpaired) electrons. The molecule has 0 spiro atoms. The average Bonchev–Trinajstić information content (AvgIpc) is 3.61. The highest BCUT2D eigenvalue weighted by atomic mass is 32.1. The second-order valence-corrected chi connectivity index (χ2v) is 9.48. The lowest BCUT2D eigenvalue weighted by Crippen LogP contribution is -2.46. The van der Waals surface area contributed by atoms with Crippen molar-refractivity contribution < 1.29 is 19.1 Å². The van der Waals surface area contributed by atoms with Crippen molar-refractivity contribution >= 4 is 23.3 Å². The van der Waals surface area contributed by atoms with Gasteiger partial charge in [-0.05, 0) is 59.7 Å². The molecule has 2 saturated heterocycles. The minimum atomic E-state index is -1.33. The number of likely N-dealkylation sites (tertiary alicyclic amines) is 1. The molecule has 3 aromatic rings. The largest absolute Gasteiger partial charge is 0.497 e. The van der Waals surface area contributed by atoms with E-state index in [1.165, 1.54) is 9.78 Å². The van der Waals surface area contributed by atoms with Gasteiger partial charge in [0, 0.05) is 17.5 Å². The Balaban J connectivity index is 1.51. The van der Waals surface area contributed by atoms with E-state index in [1.807, 2.05) is 30.3 Å². The Kier molecular flexibility index (Phi) is 6.02. The molecule has 2 fully saturated rings. The zero-order valence-electron chi connectivity index (χ0n) is 19.2. The lowest BCUT2D eigenvalue weighted by atomic mass is 9.82. The van der Waals surface area contributed by atoms with Crippen molar-refractivity contribution in [1.82, 2.24) is 15.1 Å². The Bertz CT molecular complexity index is 1110. The number of methoxy groups -OCH3 is 2. The third-order valence-corrected chi connectivity index (χ3v) is 7.68. The van der Waals surface area contributed by atoms with Gasteiger partial charge >= 0.3 is 6.03 Å². The standard InChI is InChI=1S/C26H27N3O4S/c1-32-20-11-7-18(8-12-20)26(19-9-13-21(33-2)14-10-19)24(30)29(25(31)27-26)17-28-15-3-5-22(28)23-6-4-16-34-23/h4,6-14,16,22H,3,5,15,17H2,1-2H3,(H,27,31)/t22-/m0/s1. The first-order chi connectivity index (χ1) is 16.6. The maximum atomic E-state index is 14.1. The summed E-state index contributed by atoms with van der Waals surface area (Å²) in [7, 11) is 3.19. The lowest BCUT2D eigenvalue weighted by molar-refractivity contribution is -0.131. The monoisotopic (exact) mass is 477 g/mol. The second kappa shape index (κ2) is 9.12. The molecule has 1 N–H and O–H groups in total. The van der Waals surface area contributed by atoms with Crippen molar-refractivity contribution in [2.75, 3.05) is 27.4 Å². The van der Waals surface area contributed by atoms with Gasteiger partial charge < -0.3 is 14.8 Å². The lowest BCUT2D eigenvalue weighted by Gasteiger charge is -2.30. The van der Waals surface area contributed by atoms with Crippen molar-refractivity contribution in [3.05, 3.63) is 82.0 Å². The number of benzene rings is 2. The number of rotatable bonds is 7. The van der Waals surface area contributed by atoms with Crippen LogP contribution in [0.1, 0.15) is 34.9 Å². The Labute approximate surface area is 202 Å². The molecule has 8 heteroatoms. The number of amides is 3. The van der Waals surface area contributed by atoms with Crippen molar-refractivity contribution in [3.63, 3.8) is 0 Å². The third kappa shape index (κ3) is 3.73. The van der Waals surface area contributed by atoms with E-state index in [0.29, 0.717) is 22.6 Å². The van der Waals surface area contributed by atoms with Gasteiger partial charge in [0.15, 0.2) is 5.54 Å². The van der Waals surface area contributed by atoms with Crippen LogP contribution in [0.4, 0.5) is 4.79 Å². The Morgan fingerprint density at radius 2 is 1.59 bits per heavy atom. The number of ether oxygens (including phenoxy) is 2. The molecule has 2 aromatic carbocycles. The maximum Gasteiger partial charge on any atom is 0.326 e. The fraction of sp³-hybridized carbons (Fsp3) is 0.308. The molecule has 5 rings (SSSR count). The summed E-state index contributed by atoms with van der Waals surface area (Å²) in [5.74, 6) is 1.07. The summed E-state index contributed by atoms with van der Waals surface area (Å²) in [5.41, 5.74) is 0.0272. The van der Waals surface area contributed by atoms with Crippen LogP contribution >= 0.6 is 11.3 Å². The van der Waals surface area contributed by atoms with Crippen LogP contribution in [0.3, 0.4) is 0 Å². The molecule has 176 valence electrons. The van der Waals surface area contributed by atoms with E-state index in [2.05, 4.69) is 21.7 Å². The summed E-state index contributed by atoms with van der Waals surface area (Å²) in [4.78, 5) is 32.2. The van der Waals surface area contributed by atoms with E-state index >= 15 is 0 Å². The van der Waals surface area contributed by atoms with Crippen molar-refractivity contribution in [2.45, 2.75) is 24.4 Å². The van der Waals surface area contributed by atoms with Crippen LogP contribution in [0.25, 0.3) is 0 Å². The number of hydrogen-bond donors (Lipinski definition) is 1. The summed E-state index contributed by atoms with van der Waals surface area (Å²) >= 11 is 1.71. The number of carbonyl (C=O) groups is 2. The number of imide groups is 1. The topological polar surface area (TPSA) is 71.1 Å². The molecule has 0 unspecified atom stereocenters. The predicted molar refractivity (Wildman–Crippen MR) is 130 cm³/mol. The number of nitrogens with zero attached hydrogens (tertiary/aromatic N) is 2. The SMILES string of the molecule is COc1ccc(C2(c3ccc(OC)cc3)NC(=O)N(CN3CCC[C@H]3c3cccs3)C2=O)cc1. The number of nitrogens with one attached hydrogen (secondary N) is 1. The maximum absolute atomic E-state index is 14.1. The fourth-order valence-electron chi connectivity index (χ4n) is 4.92. The van der Waals surface area contributed by atoms with E-state index in [-0.39, 0.29) is 18.6 Å². The van der Waals surface area contributed by atoms with Crippen LogP contribution in [0.5, 0.6) is 11.5 Å². The summed E-state index contributed by atoms with van der Waals surface area (Å²) in [6, 6.07) is 18.5. The molecule has 3 heterocycles. The third-order valence-electron chi connectivity index (χ3n) is 6.71. The van der Waals surface area contributed by atoms with E-state index in [0.717, 1.165) is 19.4 Å².